The van der Waals surface area contributed by atoms with E-state index in [2.05, 4.69) is 23.5 Å². The Kier molecular flexibility index (Phi) is 6.57. The summed E-state index contributed by atoms with van der Waals surface area (Å²) in [4.78, 5) is 17.8. The van der Waals surface area contributed by atoms with Crippen molar-refractivity contribution in [1.82, 2.24) is 10.3 Å². The Balaban J connectivity index is 1.27. The molecule has 1 heterocycles. The Morgan fingerprint density at radius 1 is 1.07 bits per heavy atom. The van der Waals surface area contributed by atoms with Gasteiger partial charge in [-0.3, -0.25) is 4.79 Å². The molecule has 1 saturated carbocycles. The van der Waals surface area contributed by atoms with Crippen molar-refractivity contribution in [2.75, 3.05) is 13.2 Å². The van der Waals surface area contributed by atoms with E-state index in [0.29, 0.717) is 19.8 Å². The molecule has 1 amide bonds. The van der Waals surface area contributed by atoms with E-state index in [1.807, 2.05) is 36.4 Å². The van der Waals surface area contributed by atoms with Crippen LogP contribution in [0, 0.1) is 5.41 Å². The third kappa shape index (κ3) is 5.03. The van der Waals surface area contributed by atoms with Gasteiger partial charge in [0.25, 0.3) is 0 Å². The Hall–Kier alpha value is -2.24. The summed E-state index contributed by atoms with van der Waals surface area (Å²) >= 11 is 1.72. The van der Waals surface area contributed by atoms with E-state index < -0.39 is 0 Å². The predicted octanol–water partition coefficient (Wildman–Crippen LogP) is 5.12. The number of para-hydroxylation sites is 1. The molecule has 2 aromatic carbocycles. The minimum absolute atomic E-state index is 0.192. The molecule has 0 bridgehead atoms. The maximum atomic E-state index is 13.1. The van der Waals surface area contributed by atoms with Gasteiger partial charge < -0.3 is 10.1 Å². The highest BCUT2D eigenvalue weighted by molar-refractivity contribution is 7.18. The summed E-state index contributed by atoms with van der Waals surface area (Å²) in [5.41, 5.74) is 1.92. The second-order valence-electron chi connectivity index (χ2n) is 7.89. The van der Waals surface area contributed by atoms with Gasteiger partial charge in [-0.1, -0.05) is 55.3 Å². The first-order valence-electron chi connectivity index (χ1n) is 10.5. The van der Waals surface area contributed by atoms with E-state index in [1.54, 1.807) is 11.3 Å². The Bertz CT molecular complexity index is 899. The van der Waals surface area contributed by atoms with Gasteiger partial charge in [-0.25, -0.2) is 4.98 Å². The molecule has 152 valence electrons. The number of fused-ring (bicyclic) bond motifs is 1. The molecule has 1 aliphatic carbocycles. The minimum Gasteiger partial charge on any atom is -0.377 e. The van der Waals surface area contributed by atoms with Crippen molar-refractivity contribution in [3.63, 3.8) is 0 Å². The molecule has 1 N–H and O–H groups in total. The summed E-state index contributed by atoms with van der Waals surface area (Å²) in [5.74, 6) is 0.192. The Labute approximate surface area is 176 Å². The zero-order chi connectivity index (χ0) is 19.9. The SMILES string of the molecule is O=C(NCCCOCc1ccccc1)C1(Cc2nc3ccccc3s2)CCCC1. The summed E-state index contributed by atoms with van der Waals surface area (Å²) in [5, 5.41) is 4.25. The number of nitrogens with one attached hydrogen (secondary N) is 1. The second-order valence-corrected chi connectivity index (χ2v) is 9.00. The van der Waals surface area contributed by atoms with Crippen molar-refractivity contribution >= 4 is 27.5 Å². The largest absolute Gasteiger partial charge is 0.377 e. The van der Waals surface area contributed by atoms with Gasteiger partial charge in [0.2, 0.25) is 5.91 Å². The van der Waals surface area contributed by atoms with Crippen molar-refractivity contribution in [2.24, 2.45) is 5.41 Å². The molecule has 0 aliphatic heterocycles. The van der Waals surface area contributed by atoms with Crippen LogP contribution in [0.15, 0.2) is 54.6 Å². The first kappa shape index (κ1) is 20.0. The molecular weight excluding hydrogens is 380 g/mol. The minimum atomic E-state index is -0.293. The predicted molar refractivity (Wildman–Crippen MR) is 118 cm³/mol. The Morgan fingerprint density at radius 2 is 1.83 bits per heavy atom. The van der Waals surface area contributed by atoms with Gasteiger partial charge in [-0.15, -0.1) is 11.3 Å². The number of thiazole rings is 1. The number of aromatic nitrogens is 1. The summed E-state index contributed by atoms with van der Waals surface area (Å²) < 4.78 is 6.92. The number of carbonyl (C=O) groups excluding carboxylic acids is 1. The maximum Gasteiger partial charge on any atom is 0.226 e. The number of amides is 1. The summed E-state index contributed by atoms with van der Waals surface area (Å²) in [6.07, 6.45) is 5.74. The molecular formula is C24H28N2O2S. The lowest BCUT2D eigenvalue weighted by molar-refractivity contribution is -0.130. The van der Waals surface area contributed by atoms with Gasteiger partial charge >= 0.3 is 0 Å². The monoisotopic (exact) mass is 408 g/mol. The lowest BCUT2D eigenvalue weighted by Crippen LogP contribution is -2.41. The quantitative estimate of drug-likeness (QED) is 0.500. The highest BCUT2D eigenvalue weighted by atomic mass is 32.1. The number of rotatable bonds is 9. The molecule has 4 nitrogen and oxygen atoms in total. The topological polar surface area (TPSA) is 51.2 Å². The van der Waals surface area contributed by atoms with E-state index >= 15 is 0 Å². The number of hydrogen-bond acceptors (Lipinski definition) is 4. The Morgan fingerprint density at radius 3 is 2.62 bits per heavy atom. The zero-order valence-corrected chi connectivity index (χ0v) is 17.5. The molecule has 0 saturated heterocycles. The van der Waals surface area contributed by atoms with E-state index in [-0.39, 0.29) is 11.3 Å². The lowest BCUT2D eigenvalue weighted by Gasteiger charge is -2.26. The van der Waals surface area contributed by atoms with Gasteiger partial charge in [-0.2, -0.15) is 0 Å². The van der Waals surface area contributed by atoms with Crippen molar-refractivity contribution in [3.05, 3.63) is 65.2 Å². The van der Waals surface area contributed by atoms with Crippen LogP contribution in [0.4, 0.5) is 0 Å². The average Bonchev–Trinajstić information content (AvgIpc) is 3.38. The number of benzene rings is 2. The zero-order valence-electron chi connectivity index (χ0n) is 16.7. The van der Waals surface area contributed by atoms with Crippen LogP contribution in [0.3, 0.4) is 0 Å². The van der Waals surface area contributed by atoms with E-state index in [9.17, 15) is 4.79 Å². The molecule has 0 atom stereocenters. The summed E-state index contributed by atoms with van der Waals surface area (Å²) in [6, 6.07) is 18.4. The highest BCUT2D eigenvalue weighted by Crippen LogP contribution is 2.42. The fourth-order valence-electron chi connectivity index (χ4n) is 4.15. The van der Waals surface area contributed by atoms with E-state index in [0.717, 1.165) is 49.0 Å². The average molecular weight is 409 g/mol. The smallest absolute Gasteiger partial charge is 0.226 e. The molecule has 4 rings (SSSR count). The molecule has 0 spiro atoms. The van der Waals surface area contributed by atoms with Crippen molar-refractivity contribution in [2.45, 2.75) is 45.1 Å². The molecule has 29 heavy (non-hydrogen) atoms. The van der Waals surface area contributed by atoms with Crippen LogP contribution in [0.25, 0.3) is 10.2 Å². The van der Waals surface area contributed by atoms with E-state index in [1.165, 1.54) is 10.3 Å². The molecule has 0 radical (unpaired) electrons. The lowest BCUT2D eigenvalue weighted by atomic mass is 9.82. The van der Waals surface area contributed by atoms with Crippen molar-refractivity contribution in [3.8, 4) is 0 Å². The van der Waals surface area contributed by atoms with Gasteiger partial charge in [-0.05, 0) is 37.0 Å². The molecule has 1 aliphatic rings. The molecule has 3 aromatic rings. The number of ether oxygens (including phenoxy) is 1. The highest BCUT2D eigenvalue weighted by Gasteiger charge is 2.41. The number of hydrogen-bond donors (Lipinski definition) is 1. The first-order valence-corrected chi connectivity index (χ1v) is 11.3. The number of nitrogens with zero attached hydrogens (tertiary/aromatic N) is 1. The van der Waals surface area contributed by atoms with Crippen LogP contribution in [-0.2, 0) is 22.6 Å². The summed E-state index contributed by atoms with van der Waals surface area (Å²) in [6.45, 7) is 1.94. The van der Waals surface area contributed by atoms with Crippen LogP contribution in [0.1, 0.15) is 42.7 Å². The maximum absolute atomic E-state index is 13.1. The van der Waals surface area contributed by atoms with Gasteiger partial charge in [0.05, 0.1) is 27.2 Å². The van der Waals surface area contributed by atoms with Crippen LogP contribution in [0.2, 0.25) is 0 Å². The first-order chi connectivity index (χ1) is 14.3. The normalized spacial score (nSPS) is 15.6. The molecule has 1 fully saturated rings. The number of carbonyl (C=O) groups is 1. The molecule has 0 unspecified atom stereocenters. The van der Waals surface area contributed by atoms with Gasteiger partial charge in [0, 0.05) is 19.6 Å². The third-order valence-corrected chi connectivity index (χ3v) is 6.77. The fraction of sp³-hybridized carbons (Fsp3) is 0.417. The second kappa shape index (κ2) is 9.51. The molecule has 5 heteroatoms. The van der Waals surface area contributed by atoms with Gasteiger partial charge in [0.1, 0.15) is 0 Å². The van der Waals surface area contributed by atoms with Crippen molar-refractivity contribution in [1.29, 1.82) is 0 Å². The summed E-state index contributed by atoms with van der Waals surface area (Å²) in [7, 11) is 0. The van der Waals surface area contributed by atoms with Crippen molar-refractivity contribution < 1.29 is 9.53 Å². The van der Waals surface area contributed by atoms with Crippen LogP contribution >= 0.6 is 11.3 Å². The third-order valence-electron chi connectivity index (χ3n) is 5.73. The van der Waals surface area contributed by atoms with Crippen LogP contribution in [-0.4, -0.2) is 24.0 Å². The van der Waals surface area contributed by atoms with E-state index in [4.69, 9.17) is 9.72 Å². The van der Waals surface area contributed by atoms with Gasteiger partial charge in [0.15, 0.2) is 0 Å². The fourth-order valence-corrected chi connectivity index (χ4v) is 5.26. The van der Waals surface area contributed by atoms with Crippen LogP contribution < -0.4 is 5.32 Å². The standard InChI is InChI=1S/C24H28N2O2S/c27-23(25-15-8-16-28-18-19-9-2-1-3-10-19)24(13-6-7-14-24)17-22-26-20-11-4-5-12-21(20)29-22/h1-5,9-12H,6-8,13-18H2,(H,25,27). The van der Waals surface area contributed by atoms with Crippen LogP contribution in [0.5, 0.6) is 0 Å². The molecule has 1 aromatic heterocycles.